The zero-order chi connectivity index (χ0) is 13.7. The Kier molecular flexibility index (Phi) is 5.30. The molecule has 1 fully saturated rings. The largest absolute Gasteiger partial charge is 0.469 e. The van der Waals surface area contributed by atoms with Crippen LogP contribution in [0.4, 0.5) is 0 Å². The zero-order valence-corrected chi connectivity index (χ0v) is 12.2. The maximum atomic E-state index is 11.2. The number of morpholine rings is 1. The van der Waals surface area contributed by atoms with Crippen LogP contribution in [0.3, 0.4) is 0 Å². The maximum Gasteiger partial charge on any atom is 0.308 e. The van der Waals surface area contributed by atoms with Crippen molar-refractivity contribution in [1.29, 1.82) is 0 Å². The van der Waals surface area contributed by atoms with Crippen LogP contribution in [-0.4, -0.2) is 55.3 Å². The number of carbonyl (C=O) groups excluding carboxylic acids is 1. The minimum atomic E-state index is -0.204. The van der Waals surface area contributed by atoms with Crippen molar-refractivity contribution in [2.75, 3.05) is 33.4 Å². The Hall–Kier alpha value is -0.980. The number of aryl methyl sites for hydroxylation is 1. The van der Waals surface area contributed by atoms with Crippen molar-refractivity contribution in [3.63, 3.8) is 0 Å². The molecule has 106 valence electrons. The molecule has 0 spiro atoms. The quantitative estimate of drug-likeness (QED) is 0.762. The van der Waals surface area contributed by atoms with Crippen molar-refractivity contribution in [2.45, 2.75) is 25.9 Å². The third-order valence-electron chi connectivity index (χ3n) is 3.34. The number of thiazole rings is 1. The maximum absolute atomic E-state index is 11.2. The predicted octanol–water partition coefficient (Wildman–Crippen LogP) is 1.26. The zero-order valence-electron chi connectivity index (χ0n) is 11.4. The highest BCUT2D eigenvalue weighted by atomic mass is 32.1. The number of hydrogen-bond acceptors (Lipinski definition) is 6. The number of nitrogens with zero attached hydrogens (tertiary/aromatic N) is 2. The van der Waals surface area contributed by atoms with E-state index >= 15 is 0 Å². The van der Waals surface area contributed by atoms with E-state index in [2.05, 4.69) is 14.6 Å². The topological polar surface area (TPSA) is 51.7 Å². The molecule has 0 aromatic carbocycles. The number of hydrogen-bond donors (Lipinski definition) is 0. The van der Waals surface area contributed by atoms with Gasteiger partial charge in [-0.1, -0.05) is 0 Å². The molecule has 0 saturated carbocycles. The van der Waals surface area contributed by atoms with Gasteiger partial charge >= 0.3 is 5.97 Å². The first-order chi connectivity index (χ1) is 9.19. The van der Waals surface area contributed by atoms with Gasteiger partial charge in [-0.3, -0.25) is 9.69 Å². The Bertz CT molecular complexity index is 422. The standard InChI is InChI=1S/C13H20N2O3S/c1-10-12(19-9-14-10)3-4-15-5-6-18-11(8-15)7-13(16)17-2/h9,11H,3-8H2,1-2H3. The van der Waals surface area contributed by atoms with Gasteiger partial charge in [0.05, 0.1) is 37.4 Å². The fourth-order valence-corrected chi connectivity index (χ4v) is 2.97. The molecule has 1 aliphatic rings. The van der Waals surface area contributed by atoms with Crippen LogP contribution < -0.4 is 0 Å². The van der Waals surface area contributed by atoms with Gasteiger partial charge in [0.15, 0.2) is 0 Å². The fourth-order valence-electron chi connectivity index (χ4n) is 2.20. The van der Waals surface area contributed by atoms with Crippen LogP contribution in [0.25, 0.3) is 0 Å². The van der Waals surface area contributed by atoms with Crippen molar-refractivity contribution in [3.05, 3.63) is 16.1 Å². The molecule has 0 amide bonds. The number of rotatable bonds is 5. The summed E-state index contributed by atoms with van der Waals surface area (Å²) < 4.78 is 10.3. The number of ether oxygens (including phenoxy) is 2. The van der Waals surface area contributed by atoms with Gasteiger partial charge in [-0.15, -0.1) is 11.3 Å². The molecular weight excluding hydrogens is 264 g/mol. The van der Waals surface area contributed by atoms with Crippen LogP contribution in [0, 0.1) is 6.92 Å². The molecule has 0 aliphatic carbocycles. The van der Waals surface area contributed by atoms with Crippen molar-refractivity contribution < 1.29 is 14.3 Å². The number of esters is 1. The number of methoxy groups -OCH3 is 1. The van der Waals surface area contributed by atoms with E-state index in [1.807, 2.05) is 12.4 Å². The first-order valence-corrected chi connectivity index (χ1v) is 7.36. The Balaban J connectivity index is 1.78. The summed E-state index contributed by atoms with van der Waals surface area (Å²) in [5.41, 5.74) is 3.02. The molecular formula is C13H20N2O3S. The summed E-state index contributed by atoms with van der Waals surface area (Å²) in [7, 11) is 1.41. The molecule has 1 atom stereocenters. The molecule has 0 N–H and O–H groups in total. The lowest BCUT2D eigenvalue weighted by molar-refractivity contribution is -0.145. The molecule has 1 aromatic heterocycles. The summed E-state index contributed by atoms with van der Waals surface area (Å²) in [6, 6.07) is 0. The fraction of sp³-hybridized carbons (Fsp3) is 0.692. The third kappa shape index (κ3) is 4.26. The second-order valence-electron chi connectivity index (χ2n) is 4.68. The van der Waals surface area contributed by atoms with E-state index in [0.29, 0.717) is 13.0 Å². The van der Waals surface area contributed by atoms with Gasteiger partial charge in [0.1, 0.15) is 0 Å². The molecule has 2 heterocycles. The first kappa shape index (κ1) is 14.4. The van der Waals surface area contributed by atoms with E-state index in [1.54, 1.807) is 11.3 Å². The highest BCUT2D eigenvalue weighted by molar-refractivity contribution is 7.09. The Morgan fingerprint density at radius 2 is 2.53 bits per heavy atom. The van der Waals surface area contributed by atoms with Crippen LogP contribution in [0.15, 0.2) is 5.51 Å². The third-order valence-corrected chi connectivity index (χ3v) is 4.34. The molecule has 1 unspecified atom stereocenters. The smallest absolute Gasteiger partial charge is 0.308 e. The predicted molar refractivity (Wildman–Crippen MR) is 73.4 cm³/mol. The molecule has 2 rings (SSSR count). The summed E-state index contributed by atoms with van der Waals surface area (Å²) in [5.74, 6) is -0.204. The van der Waals surface area contributed by atoms with Crippen LogP contribution in [0.2, 0.25) is 0 Å². The molecule has 1 aliphatic heterocycles. The van der Waals surface area contributed by atoms with Crippen molar-refractivity contribution in [1.82, 2.24) is 9.88 Å². The summed E-state index contributed by atoms with van der Waals surface area (Å²) in [6.07, 6.45) is 1.32. The lowest BCUT2D eigenvalue weighted by atomic mass is 10.2. The van der Waals surface area contributed by atoms with Crippen molar-refractivity contribution in [3.8, 4) is 0 Å². The molecule has 5 nitrogen and oxygen atoms in total. The van der Waals surface area contributed by atoms with Crippen LogP contribution in [-0.2, 0) is 20.7 Å². The highest BCUT2D eigenvalue weighted by Gasteiger charge is 2.23. The Morgan fingerprint density at radius 3 is 3.21 bits per heavy atom. The van der Waals surface area contributed by atoms with E-state index < -0.39 is 0 Å². The highest BCUT2D eigenvalue weighted by Crippen LogP contribution is 2.15. The van der Waals surface area contributed by atoms with E-state index in [4.69, 9.17) is 4.74 Å². The van der Waals surface area contributed by atoms with Gasteiger partial charge in [0.25, 0.3) is 0 Å². The average molecular weight is 284 g/mol. The molecule has 19 heavy (non-hydrogen) atoms. The second-order valence-corrected chi connectivity index (χ2v) is 5.62. The van der Waals surface area contributed by atoms with Gasteiger partial charge in [0.2, 0.25) is 0 Å². The van der Waals surface area contributed by atoms with Crippen LogP contribution in [0.1, 0.15) is 17.0 Å². The van der Waals surface area contributed by atoms with E-state index in [9.17, 15) is 4.79 Å². The SMILES string of the molecule is COC(=O)CC1CN(CCc2scnc2C)CCO1. The normalized spacial score (nSPS) is 20.4. The number of aromatic nitrogens is 1. The van der Waals surface area contributed by atoms with Gasteiger partial charge < -0.3 is 9.47 Å². The van der Waals surface area contributed by atoms with E-state index in [0.717, 1.165) is 31.7 Å². The Labute approximate surface area is 117 Å². The van der Waals surface area contributed by atoms with Gasteiger partial charge in [0, 0.05) is 24.5 Å². The van der Waals surface area contributed by atoms with Gasteiger partial charge in [-0.25, -0.2) is 4.98 Å². The molecule has 1 saturated heterocycles. The molecule has 0 bridgehead atoms. The number of carbonyl (C=O) groups is 1. The first-order valence-electron chi connectivity index (χ1n) is 6.48. The monoisotopic (exact) mass is 284 g/mol. The second kappa shape index (κ2) is 6.98. The van der Waals surface area contributed by atoms with Crippen molar-refractivity contribution >= 4 is 17.3 Å². The van der Waals surface area contributed by atoms with E-state index in [1.165, 1.54) is 12.0 Å². The Morgan fingerprint density at radius 1 is 1.68 bits per heavy atom. The summed E-state index contributed by atoms with van der Waals surface area (Å²) in [4.78, 5) is 19.2. The van der Waals surface area contributed by atoms with Gasteiger partial charge in [-0.05, 0) is 13.3 Å². The van der Waals surface area contributed by atoms with Crippen LogP contribution in [0.5, 0.6) is 0 Å². The summed E-state index contributed by atoms with van der Waals surface area (Å²) in [6.45, 7) is 5.45. The van der Waals surface area contributed by atoms with Crippen LogP contribution >= 0.6 is 11.3 Å². The van der Waals surface area contributed by atoms with Gasteiger partial charge in [-0.2, -0.15) is 0 Å². The van der Waals surface area contributed by atoms with Crippen molar-refractivity contribution in [2.24, 2.45) is 0 Å². The lowest BCUT2D eigenvalue weighted by Crippen LogP contribution is -2.44. The summed E-state index contributed by atoms with van der Waals surface area (Å²) >= 11 is 1.71. The minimum absolute atomic E-state index is 0.0382. The lowest BCUT2D eigenvalue weighted by Gasteiger charge is -2.32. The summed E-state index contributed by atoms with van der Waals surface area (Å²) in [5, 5.41) is 0. The molecule has 0 radical (unpaired) electrons. The molecule has 1 aromatic rings. The van der Waals surface area contributed by atoms with E-state index in [-0.39, 0.29) is 12.1 Å². The average Bonchev–Trinajstić information content (AvgIpc) is 2.82. The molecule has 6 heteroatoms. The minimum Gasteiger partial charge on any atom is -0.469 e.